The predicted molar refractivity (Wildman–Crippen MR) is 579 cm³/mol. The Morgan fingerprint density at radius 3 is 0.681 bits per heavy atom. The molecule has 0 aromatic heterocycles. The minimum absolute atomic E-state index is 0.0764. The number of rotatable bonds is 16. The van der Waals surface area contributed by atoms with Crippen LogP contribution in [-0.4, -0.2) is 63.1 Å². The van der Waals surface area contributed by atoms with Gasteiger partial charge in [0.05, 0.1) is 11.1 Å². The second-order valence-corrected chi connectivity index (χ2v) is 54.4. The fourth-order valence-electron chi connectivity index (χ4n) is 18.2. The fraction of sp³-hybridized carbons (Fsp3) is 0.521. The number of carbonyl (C=O) groups is 2. The Kier molecular flexibility index (Phi) is 34.7. The molecule has 135 heavy (non-hydrogen) atoms. The number of hydrogen-bond acceptors (Lipinski definition) is 12. The number of phenolic OH excluding ortho intramolecular Hbond substituents is 7. The minimum Gasteiger partial charge on any atom is -0.507 e. The van der Waals surface area contributed by atoms with E-state index in [9.17, 15) is 45.3 Å². The van der Waals surface area contributed by atoms with Crippen molar-refractivity contribution in [2.45, 2.75) is 412 Å². The summed E-state index contributed by atoms with van der Waals surface area (Å²) in [6.07, 6.45) is 6.40. The second-order valence-electron chi connectivity index (χ2n) is 50.8. The van der Waals surface area contributed by atoms with Crippen molar-refractivity contribution in [1.82, 2.24) is 0 Å². The Bertz CT molecular complexity index is 5320. The zero-order valence-electron chi connectivity index (χ0n) is 90.9. The number of phenols is 7. The summed E-state index contributed by atoms with van der Waals surface area (Å²) in [7, 11) is 3.76. The average molecular weight is 1900 g/mol. The molecule has 10 rings (SSSR count). The van der Waals surface area contributed by atoms with Gasteiger partial charge in [0.15, 0.2) is 0 Å². The number of benzene rings is 9. The van der Waals surface area contributed by atoms with Crippen molar-refractivity contribution in [1.29, 1.82) is 0 Å². The molecule has 1 aliphatic heterocycles. The van der Waals surface area contributed by atoms with Crippen LogP contribution in [0.3, 0.4) is 0 Å². The first-order chi connectivity index (χ1) is 61.0. The van der Waals surface area contributed by atoms with E-state index in [0.717, 1.165) is 121 Å². The normalized spacial score (nSPS) is 13.9. The molecule has 9 aromatic carbocycles. The first-order valence-electron chi connectivity index (χ1n) is 48.3. The summed E-state index contributed by atoms with van der Waals surface area (Å²) in [5.41, 5.74) is 31.2. The molecule has 0 amide bonds. The van der Waals surface area contributed by atoms with Crippen molar-refractivity contribution in [2.75, 3.05) is 0 Å². The van der Waals surface area contributed by atoms with Gasteiger partial charge in [0.2, 0.25) is 0 Å². The lowest BCUT2D eigenvalue weighted by atomic mass is 9.75. The fourth-order valence-corrected chi connectivity index (χ4v) is 21.8. The molecular formula is C121H170O11S3. The van der Waals surface area contributed by atoms with Crippen LogP contribution in [0, 0.1) is 48.5 Å². The molecule has 0 aliphatic carbocycles. The highest BCUT2D eigenvalue weighted by molar-refractivity contribution is 8.78. The highest BCUT2D eigenvalue weighted by Gasteiger charge is 2.36. The topological polar surface area (TPSA) is 216 Å². The van der Waals surface area contributed by atoms with Crippen LogP contribution in [0.5, 0.6) is 40.2 Å². The number of thioether (sulfide) groups is 1. The van der Waals surface area contributed by atoms with E-state index in [-0.39, 0.29) is 76.1 Å². The molecule has 1 unspecified atom stereocenters. The number of carboxylic acids is 2. The molecule has 1 atom stereocenters. The van der Waals surface area contributed by atoms with E-state index in [1.165, 1.54) is 113 Å². The summed E-state index contributed by atoms with van der Waals surface area (Å²) in [6, 6.07) is 31.5. The maximum atomic E-state index is 11.6. The van der Waals surface area contributed by atoms with Crippen molar-refractivity contribution in [3.63, 3.8) is 0 Å². The molecule has 0 fully saturated rings. The van der Waals surface area contributed by atoms with Gasteiger partial charge in [0.25, 0.3) is 0 Å². The molecule has 9 N–H and O–H groups in total. The van der Waals surface area contributed by atoms with E-state index in [1.807, 2.05) is 40.3 Å². The molecule has 738 valence electrons. The molecule has 11 nitrogen and oxygen atoms in total. The number of carboxylic acid groups (broad SMARTS) is 2. The van der Waals surface area contributed by atoms with Crippen LogP contribution in [0.25, 0.3) is 0 Å². The Morgan fingerprint density at radius 1 is 0.267 bits per heavy atom. The number of aryl methyl sites for hydroxylation is 2. The van der Waals surface area contributed by atoms with E-state index in [0.29, 0.717) is 45.5 Å². The molecule has 0 saturated carbocycles. The van der Waals surface area contributed by atoms with Crippen LogP contribution in [0.4, 0.5) is 0 Å². The molecule has 9 aromatic rings. The smallest absolute Gasteiger partial charge is 0.335 e. The Hall–Kier alpha value is -8.69. The number of aromatic carboxylic acids is 2. The Balaban J connectivity index is 0.000000272. The number of hydrogen-bond donors (Lipinski definition) is 9. The lowest BCUT2D eigenvalue weighted by molar-refractivity contribution is 0.0681. The van der Waals surface area contributed by atoms with Crippen LogP contribution in [-0.2, 0) is 109 Å². The predicted octanol–water partition coefficient (Wildman–Crippen LogP) is 32.4. The Labute approximate surface area is 827 Å². The van der Waals surface area contributed by atoms with Gasteiger partial charge in [-0.25, -0.2) is 9.59 Å². The average Bonchev–Trinajstić information content (AvgIpc) is 1.23. The molecule has 1 heterocycles. The van der Waals surface area contributed by atoms with Crippen LogP contribution in [0.1, 0.15) is 431 Å². The summed E-state index contributed by atoms with van der Waals surface area (Å²) in [4.78, 5) is 22.0. The van der Waals surface area contributed by atoms with Crippen molar-refractivity contribution in [2.24, 2.45) is 0 Å². The standard InChI is InChI=1S/C54H78O3.C30H46O2S.C29H40O2S2.C8H6O4/c1-31-37(22-34-25-40(49(4,5)6)46(55)41(26-34)50(7,8)9)32(2)39(24-36-29-44(53(16,17)18)48(57)45(30-36)54(19,20)21)33(3)38(31)23-35-27-42(51(10,11)12)47(56)43(28-35)52(13,14)15;1-27(2,3)21-13-19(14-22(25(21)31)28(4,5)6)17-33-18-20-15-23(29(7,8)9)26(32)24(16-20)30(10,11)12;1-16-11-24(28(5,6)7)26(30)18(3)22(16)14-20-13-21(33-32-20)15-23-17(2)12-25(29(8,9)10)27(31)19(23)4;9-7(10)5-1-2-6(4-3-5)8(11)12/h25-30,55-57H,22-24H2,1-21H3;13-16,31-32H,17-18H2,1-12H3;11-13,20,30-31H,14-15H2,1-10H3;1-4H,(H,9,10)(H,11,12). The zero-order chi connectivity index (χ0) is 103. The summed E-state index contributed by atoms with van der Waals surface area (Å²) in [5.74, 6) is 2.62. The lowest BCUT2D eigenvalue weighted by Gasteiger charge is -2.30. The highest BCUT2D eigenvalue weighted by atomic mass is 33.1. The number of allylic oxidation sites excluding steroid dienone is 1. The molecule has 0 spiro atoms. The third-order valence-electron chi connectivity index (χ3n) is 26.5. The van der Waals surface area contributed by atoms with Gasteiger partial charge >= 0.3 is 11.9 Å². The van der Waals surface area contributed by atoms with Crippen LogP contribution < -0.4 is 0 Å². The van der Waals surface area contributed by atoms with Gasteiger partial charge in [-0.1, -0.05) is 350 Å². The summed E-state index contributed by atoms with van der Waals surface area (Å²) in [6.45, 7) is 93.4. The second kappa shape index (κ2) is 41.4. The third-order valence-corrected chi connectivity index (χ3v) is 30.4. The molecule has 0 bridgehead atoms. The van der Waals surface area contributed by atoms with Crippen LogP contribution in [0.15, 0.2) is 108 Å². The number of aromatic hydroxyl groups is 7. The quantitative estimate of drug-likeness (QED) is 0.0412. The SMILES string of the molecule is CC(C)(C)c1cc(CSCc2cc(C(C)(C)C)c(O)c(C(C)(C)C)c2)cc(C(C)(C)C)c1O.Cc1c(Cc2cc(C(C)(C)C)c(O)c(C(C)(C)C)c2)c(C)c(Cc2cc(C(C)(C)C)c(O)c(C(C)(C)C)c2)c(C)c1Cc1cc(C(C)(C)C)c(O)c(C(C)(C)C)c1.Cc1cc(C(C)(C)C)c(O)c(C)c1CC1=CC(Cc2c(C)cc(C(C)(C)C)c(O)c2C)SS1.O=C(O)c1ccc(C(=O)O)cc1. The van der Waals surface area contributed by atoms with Crippen LogP contribution in [0.2, 0.25) is 0 Å². The molecule has 0 radical (unpaired) electrons. The van der Waals surface area contributed by atoms with E-state index in [4.69, 9.17) is 10.2 Å². The molecular weight excluding hydrogens is 1730 g/mol. The monoisotopic (exact) mass is 1900 g/mol. The van der Waals surface area contributed by atoms with Gasteiger partial charge < -0.3 is 46.0 Å². The zero-order valence-corrected chi connectivity index (χ0v) is 93.4. The minimum atomic E-state index is -1.06. The van der Waals surface area contributed by atoms with Crippen molar-refractivity contribution >= 4 is 45.3 Å². The van der Waals surface area contributed by atoms with Gasteiger partial charge in [-0.15, -0.1) is 0 Å². The van der Waals surface area contributed by atoms with Gasteiger partial charge in [-0.3, -0.25) is 0 Å². The summed E-state index contributed by atoms with van der Waals surface area (Å²) >= 11 is 1.89. The maximum absolute atomic E-state index is 11.6. The van der Waals surface area contributed by atoms with E-state index in [1.54, 1.807) is 0 Å². The van der Waals surface area contributed by atoms with Crippen molar-refractivity contribution in [3.8, 4) is 40.2 Å². The van der Waals surface area contributed by atoms with Gasteiger partial charge in [0, 0.05) is 23.2 Å². The van der Waals surface area contributed by atoms with Gasteiger partial charge in [-0.05, 0) is 330 Å². The van der Waals surface area contributed by atoms with Gasteiger partial charge in [0.1, 0.15) is 40.2 Å². The molecule has 0 saturated heterocycles. The third kappa shape index (κ3) is 28.1. The first kappa shape index (κ1) is 113. The first-order valence-corrected chi connectivity index (χ1v) is 51.6. The maximum Gasteiger partial charge on any atom is 0.335 e. The van der Waals surface area contributed by atoms with E-state index < -0.39 is 11.9 Å². The Morgan fingerprint density at radius 2 is 0.467 bits per heavy atom. The van der Waals surface area contributed by atoms with E-state index >= 15 is 0 Å². The van der Waals surface area contributed by atoms with Gasteiger partial charge in [-0.2, -0.15) is 11.8 Å². The van der Waals surface area contributed by atoms with Crippen LogP contribution >= 0.6 is 33.3 Å². The molecule has 14 heteroatoms. The van der Waals surface area contributed by atoms with Crippen molar-refractivity contribution < 1.29 is 55.5 Å². The summed E-state index contributed by atoms with van der Waals surface area (Å²) in [5, 5.41) is 96.0. The molecule has 1 aliphatic rings. The lowest BCUT2D eigenvalue weighted by Crippen LogP contribution is -2.19. The van der Waals surface area contributed by atoms with Crippen molar-refractivity contribution in [3.05, 3.63) is 281 Å². The van der Waals surface area contributed by atoms with E-state index in [2.05, 4.69) is 370 Å². The largest absolute Gasteiger partial charge is 0.507 e. The summed E-state index contributed by atoms with van der Waals surface area (Å²) < 4.78 is 0. The highest BCUT2D eigenvalue weighted by Crippen LogP contribution is 2.52.